The number of carbonyl (C=O) groups excluding carboxylic acids is 2. The molecule has 6 heteroatoms. The average Bonchev–Trinajstić information content (AvgIpc) is 2.84. The van der Waals surface area contributed by atoms with Crippen LogP contribution in [-0.2, 0) is 10.2 Å². The highest BCUT2D eigenvalue weighted by Crippen LogP contribution is 2.31. The minimum atomic E-state index is -0.200. The Labute approximate surface area is 153 Å². The first-order chi connectivity index (χ1) is 12.3. The van der Waals surface area contributed by atoms with Crippen molar-refractivity contribution in [1.82, 2.24) is 14.9 Å². The van der Waals surface area contributed by atoms with E-state index in [1.807, 2.05) is 39.0 Å². The van der Waals surface area contributed by atoms with E-state index in [-0.39, 0.29) is 30.2 Å². The number of amides is 2. The molecule has 1 aromatic carbocycles. The van der Waals surface area contributed by atoms with Crippen molar-refractivity contribution in [3.05, 3.63) is 60.2 Å². The van der Waals surface area contributed by atoms with Crippen molar-refractivity contribution in [2.45, 2.75) is 32.6 Å². The summed E-state index contributed by atoms with van der Waals surface area (Å²) in [6, 6.07) is 7.33. The van der Waals surface area contributed by atoms with Gasteiger partial charge in [0.15, 0.2) is 0 Å². The normalized spacial score (nSPS) is 13.7. The van der Waals surface area contributed by atoms with Crippen molar-refractivity contribution in [3.8, 4) is 0 Å². The molecule has 0 fully saturated rings. The molecule has 0 unspecified atom stereocenters. The van der Waals surface area contributed by atoms with Crippen LogP contribution in [0.2, 0.25) is 0 Å². The molecule has 1 aliphatic rings. The fourth-order valence-electron chi connectivity index (χ4n) is 2.79. The number of anilines is 1. The fourth-order valence-corrected chi connectivity index (χ4v) is 2.79. The SMILES string of the molecule is C=C1c2ccccc2C(=O)N1CCC(=O)Nc1cnc(C(C)(C)C)nc1. The molecule has 1 aromatic heterocycles. The number of aromatic nitrogens is 2. The molecule has 2 amide bonds. The van der Waals surface area contributed by atoms with Crippen molar-refractivity contribution in [2.75, 3.05) is 11.9 Å². The molecule has 1 aliphatic heterocycles. The Bertz CT molecular complexity index is 831. The largest absolute Gasteiger partial charge is 0.323 e. The van der Waals surface area contributed by atoms with E-state index in [0.29, 0.717) is 22.8 Å². The van der Waals surface area contributed by atoms with Crippen LogP contribution >= 0.6 is 0 Å². The maximum Gasteiger partial charge on any atom is 0.258 e. The minimum absolute atomic E-state index is 0.115. The Morgan fingerprint density at radius 2 is 1.77 bits per heavy atom. The maximum atomic E-state index is 12.4. The summed E-state index contributed by atoms with van der Waals surface area (Å²) < 4.78 is 0. The molecular weight excluding hydrogens is 328 g/mol. The predicted molar refractivity (Wildman–Crippen MR) is 100 cm³/mol. The first kappa shape index (κ1) is 17.8. The number of benzene rings is 1. The molecule has 0 aliphatic carbocycles. The van der Waals surface area contributed by atoms with Gasteiger partial charge in [-0.15, -0.1) is 0 Å². The summed E-state index contributed by atoms with van der Waals surface area (Å²) in [5.74, 6) is 0.400. The number of rotatable bonds is 4. The van der Waals surface area contributed by atoms with Crippen LogP contribution in [0.3, 0.4) is 0 Å². The molecule has 0 bridgehead atoms. The van der Waals surface area contributed by atoms with E-state index in [9.17, 15) is 9.59 Å². The lowest BCUT2D eigenvalue weighted by atomic mass is 9.96. The number of hydrogen-bond donors (Lipinski definition) is 1. The van der Waals surface area contributed by atoms with Gasteiger partial charge in [-0.3, -0.25) is 9.59 Å². The van der Waals surface area contributed by atoms with Crippen molar-refractivity contribution in [3.63, 3.8) is 0 Å². The van der Waals surface area contributed by atoms with Crippen LogP contribution in [0.15, 0.2) is 43.2 Å². The van der Waals surface area contributed by atoms with Gasteiger partial charge in [0.2, 0.25) is 5.91 Å². The number of fused-ring (bicyclic) bond motifs is 1. The highest BCUT2D eigenvalue weighted by Gasteiger charge is 2.30. The third kappa shape index (κ3) is 3.49. The molecule has 1 N–H and O–H groups in total. The lowest BCUT2D eigenvalue weighted by molar-refractivity contribution is -0.116. The Balaban J connectivity index is 1.58. The Morgan fingerprint density at radius 1 is 1.15 bits per heavy atom. The third-order valence-corrected chi connectivity index (χ3v) is 4.21. The van der Waals surface area contributed by atoms with E-state index in [2.05, 4.69) is 21.9 Å². The van der Waals surface area contributed by atoms with Crippen LogP contribution in [0.4, 0.5) is 5.69 Å². The van der Waals surface area contributed by atoms with E-state index in [1.54, 1.807) is 23.4 Å². The maximum absolute atomic E-state index is 12.4. The molecule has 6 nitrogen and oxygen atoms in total. The summed E-state index contributed by atoms with van der Waals surface area (Å²) >= 11 is 0. The van der Waals surface area contributed by atoms with E-state index in [1.165, 1.54) is 0 Å². The second kappa shape index (κ2) is 6.71. The minimum Gasteiger partial charge on any atom is -0.323 e. The highest BCUT2D eigenvalue weighted by molar-refractivity contribution is 6.09. The second-order valence-corrected chi connectivity index (χ2v) is 7.29. The van der Waals surface area contributed by atoms with Gasteiger partial charge in [0, 0.05) is 35.2 Å². The van der Waals surface area contributed by atoms with Crippen molar-refractivity contribution >= 4 is 23.2 Å². The quantitative estimate of drug-likeness (QED) is 0.918. The summed E-state index contributed by atoms with van der Waals surface area (Å²) in [6.07, 6.45) is 3.36. The molecule has 3 rings (SSSR count). The molecule has 0 saturated heterocycles. The van der Waals surface area contributed by atoms with Gasteiger partial charge in [-0.25, -0.2) is 9.97 Å². The lowest BCUT2D eigenvalue weighted by Crippen LogP contribution is -2.27. The van der Waals surface area contributed by atoms with Gasteiger partial charge in [-0.1, -0.05) is 45.5 Å². The summed E-state index contributed by atoms with van der Waals surface area (Å²) in [4.78, 5) is 34.7. The van der Waals surface area contributed by atoms with E-state index < -0.39 is 0 Å². The van der Waals surface area contributed by atoms with E-state index >= 15 is 0 Å². The number of nitrogens with zero attached hydrogens (tertiary/aromatic N) is 3. The molecule has 0 saturated carbocycles. The molecule has 2 heterocycles. The van der Waals surface area contributed by atoms with Gasteiger partial charge in [0.1, 0.15) is 5.82 Å². The van der Waals surface area contributed by atoms with E-state index in [4.69, 9.17) is 0 Å². The van der Waals surface area contributed by atoms with Gasteiger partial charge >= 0.3 is 0 Å². The molecule has 26 heavy (non-hydrogen) atoms. The van der Waals surface area contributed by atoms with Crippen LogP contribution in [0.5, 0.6) is 0 Å². The number of hydrogen-bond acceptors (Lipinski definition) is 4. The molecule has 134 valence electrons. The summed E-state index contributed by atoms with van der Waals surface area (Å²) in [5.41, 5.74) is 2.48. The smallest absolute Gasteiger partial charge is 0.258 e. The first-order valence-electron chi connectivity index (χ1n) is 8.50. The summed E-state index contributed by atoms with van der Waals surface area (Å²) in [5, 5.41) is 2.76. The predicted octanol–water partition coefficient (Wildman–Crippen LogP) is 3.23. The standard InChI is InChI=1S/C20H22N4O2/c1-13-15-7-5-6-8-16(15)18(26)24(13)10-9-17(25)23-14-11-21-19(22-12-14)20(2,3)4/h5-8,11-12H,1,9-10H2,2-4H3,(H,23,25). The van der Waals surface area contributed by atoms with Crippen LogP contribution in [0, 0.1) is 0 Å². The summed E-state index contributed by atoms with van der Waals surface area (Å²) in [6.45, 7) is 10.3. The Hall–Kier alpha value is -3.02. The number of carbonyl (C=O) groups is 2. The van der Waals surface area contributed by atoms with Crippen LogP contribution in [-0.4, -0.2) is 33.2 Å². The zero-order chi connectivity index (χ0) is 18.9. The van der Waals surface area contributed by atoms with Gasteiger partial charge in [0.05, 0.1) is 18.1 Å². The van der Waals surface area contributed by atoms with Crippen molar-refractivity contribution < 1.29 is 9.59 Å². The zero-order valence-electron chi connectivity index (χ0n) is 15.2. The van der Waals surface area contributed by atoms with Gasteiger partial charge in [-0.2, -0.15) is 0 Å². The van der Waals surface area contributed by atoms with Crippen molar-refractivity contribution in [2.24, 2.45) is 0 Å². The highest BCUT2D eigenvalue weighted by atomic mass is 16.2. The second-order valence-electron chi connectivity index (χ2n) is 7.29. The van der Waals surface area contributed by atoms with Crippen LogP contribution in [0.1, 0.15) is 48.9 Å². The Morgan fingerprint density at radius 3 is 2.35 bits per heavy atom. The van der Waals surface area contributed by atoms with Crippen LogP contribution < -0.4 is 5.32 Å². The fraction of sp³-hybridized carbons (Fsp3) is 0.300. The average molecular weight is 350 g/mol. The topological polar surface area (TPSA) is 75.2 Å². The van der Waals surface area contributed by atoms with Gasteiger partial charge in [0.25, 0.3) is 5.91 Å². The third-order valence-electron chi connectivity index (χ3n) is 4.21. The zero-order valence-corrected chi connectivity index (χ0v) is 15.2. The molecular formula is C20H22N4O2. The summed E-state index contributed by atoms with van der Waals surface area (Å²) in [7, 11) is 0. The van der Waals surface area contributed by atoms with Crippen molar-refractivity contribution in [1.29, 1.82) is 0 Å². The van der Waals surface area contributed by atoms with Gasteiger partial charge in [-0.05, 0) is 6.07 Å². The first-order valence-corrected chi connectivity index (χ1v) is 8.50. The molecule has 0 radical (unpaired) electrons. The lowest BCUT2D eigenvalue weighted by Gasteiger charge is -2.17. The van der Waals surface area contributed by atoms with Gasteiger partial charge < -0.3 is 10.2 Å². The Kier molecular flexibility index (Phi) is 4.59. The van der Waals surface area contributed by atoms with Crippen LogP contribution in [0.25, 0.3) is 5.70 Å². The molecule has 0 atom stereocenters. The number of nitrogens with one attached hydrogen (secondary N) is 1. The molecule has 2 aromatic rings. The van der Waals surface area contributed by atoms with E-state index in [0.717, 1.165) is 5.56 Å². The monoisotopic (exact) mass is 350 g/mol. The molecule has 0 spiro atoms.